The number of esters is 1. The first kappa shape index (κ1) is 18.1. The summed E-state index contributed by atoms with van der Waals surface area (Å²) in [5.74, 6) is -2.56. The van der Waals surface area contributed by atoms with Crippen molar-refractivity contribution in [2.45, 2.75) is 6.92 Å². The maximum absolute atomic E-state index is 13.7. The Morgan fingerprint density at radius 1 is 1.07 bits per heavy atom. The minimum absolute atomic E-state index is 0.0614. The summed E-state index contributed by atoms with van der Waals surface area (Å²) in [6, 6.07) is 12.1. The number of amides is 3. The van der Waals surface area contributed by atoms with Crippen molar-refractivity contribution >= 4 is 34.6 Å². The van der Waals surface area contributed by atoms with Crippen molar-refractivity contribution in [1.29, 1.82) is 0 Å². The molecule has 0 bridgehead atoms. The maximum Gasteiger partial charge on any atom is 0.375 e. The molecular weight excluding hydrogens is 355 g/mol. The van der Waals surface area contributed by atoms with Crippen molar-refractivity contribution in [3.05, 3.63) is 65.7 Å². The smallest absolute Gasteiger partial charge is 0.375 e. The number of fused-ring (bicyclic) bond motifs is 1. The predicted molar refractivity (Wildman–Crippen MR) is 94.8 cm³/mol. The monoisotopic (exact) mass is 370 g/mol. The highest BCUT2D eigenvalue weighted by molar-refractivity contribution is 6.02. The van der Waals surface area contributed by atoms with Crippen molar-refractivity contribution in [3.8, 4) is 0 Å². The number of imide groups is 1. The molecule has 3 aromatic rings. The minimum Gasteiger partial charge on any atom is -0.450 e. The highest BCUT2D eigenvalue weighted by Crippen LogP contribution is 2.27. The summed E-state index contributed by atoms with van der Waals surface area (Å²) in [5, 5.41) is 4.92. The van der Waals surface area contributed by atoms with Gasteiger partial charge in [0.25, 0.3) is 5.91 Å². The van der Waals surface area contributed by atoms with E-state index in [4.69, 9.17) is 9.15 Å². The van der Waals surface area contributed by atoms with Gasteiger partial charge in [-0.1, -0.05) is 30.3 Å². The van der Waals surface area contributed by atoms with Gasteiger partial charge in [-0.2, -0.15) is 0 Å². The molecule has 3 amide bonds. The van der Waals surface area contributed by atoms with Gasteiger partial charge in [0.15, 0.2) is 18.0 Å². The number of halogens is 1. The lowest BCUT2D eigenvalue weighted by Gasteiger charge is -2.07. The van der Waals surface area contributed by atoms with Crippen molar-refractivity contribution in [3.63, 3.8) is 0 Å². The van der Waals surface area contributed by atoms with Gasteiger partial charge >= 0.3 is 12.0 Å². The zero-order valence-corrected chi connectivity index (χ0v) is 14.2. The molecule has 8 heteroatoms. The molecule has 0 aliphatic heterocycles. The summed E-state index contributed by atoms with van der Waals surface area (Å²) < 4.78 is 23.8. The Kier molecular flexibility index (Phi) is 5.16. The van der Waals surface area contributed by atoms with Crippen LogP contribution in [0.5, 0.6) is 0 Å². The third-order valence-electron chi connectivity index (χ3n) is 3.72. The lowest BCUT2D eigenvalue weighted by molar-refractivity contribution is -0.123. The topological polar surface area (TPSA) is 97.6 Å². The molecule has 0 unspecified atom stereocenters. The molecule has 0 atom stereocenters. The van der Waals surface area contributed by atoms with E-state index in [0.29, 0.717) is 16.6 Å². The Morgan fingerprint density at radius 3 is 2.52 bits per heavy atom. The van der Waals surface area contributed by atoms with Crippen LogP contribution in [0.15, 0.2) is 52.9 Å². The van der Waals surface area contributed by atoms with Gasteiger partial charge < -0.3 is 14.5 Å². The molecule has 0 saturated heterocycles. The Hall–Kier alpha value is -3.68. The molecule has 138 valence electrons. The Balaban J connectivity index is 1.57. The molecule has 2 N–H and O–H groups in total. The standard InChI is InChI=1S/C19H15FN2O5/c1-11-13-8-5-9-14(20)17(13)27-16(11)18(24)26-10-15(23)22-19(25)21-12-6-3-2-4-7-12/h2-9H,10H2,1H3,(H2,21,22,23,25). The average molecular weight is 370 g/mol. The fourth-order valence-corrected chi connectivity index (χ4v) is 2.45. The quantitative estimate of drug-likeness (QED) is 0.686. The molecule has 0 aliphatic carbocycles. The van der Waals surface area contributed by atoms with E-state index >= 15 is 0 Å². The van der Waals surface area contributed by atoms with Gasteiger partial charge in [-0.05, 0) is 25.1 Å². The predicted octanol–water partition coefficient (Wildman–Crippen LogP) is 3.39. The van der Waals surface area contributed by atoms with Crippen LogP contribution in [0.4, 0.5) is 14.9 Å². The van der Waals surface area contributed by atoms with E-state index in [1.165, 1.54) is 12.1 Å². The number of urea groups is 1. The molecule has 0 saturated carbocycles. The van der Waals surface area contributed by atoms with Crippen molar-refractivity contribution < 1.29 is 27.9 Å². The van der Waals surface area contributed by atoms with Gasteiger partial charge in [0.05, 0.1) is 0 Å². The van der Waals surface area contributed by atoms with Gasteiger partial charge in [-0.15, -0.1) is 0 Å². The summed E-state index contributed by atoms with van der Waals surface area (Å²) >= 11 is 0. The number of furan rings is 1. The summed E-state index contributed by atoms with van der Waals surface area (Å²) in [4.78, 5) is 35.6. The number of hydrogen-bond donors (Lipinski definition) is 2. The van der Waals surface area contributed by atoms with Crippen LogP contribution in [0.3, 0.4) is 0 Å². The molecule has 0 spiro atoms. The van der Waals surface area contributed by atoms with E-state index < -0.39 is 30.3 Å². The van der Waals surface area contributed by atoms with Crippen LogP contribution in [-0.4, -0.2) is 24.5 Å². The Labute approximate surface area is 153 Å². The number of rotatable bonds is 4. The number of carbonyl (C=O) groups excluding carboxylic acids is 3. The normalized spacial score (nSPS) is 10.4. The number of hydrogen-bond acceptors (Lipinski definition) is 5. The SMILES string of the molecule is Cc1c(C(=O)OCC(=O)NC(=O)Nc2ccccc2)oc2c(F)cccc12. The summed E-state index contributed by atoms with van der Waals surface area (Å²) in [6.07, 6.45) is 0. The van der Waals surface area contributed by atoms with Crippen LogP contribution < -0.4 is 10.6 Å². The molecule has 1 heterocycles. The van der Waals surface area contributed by atoms with Crippen LogP contribution in [-0.2, 0) is 9.53 Å². The summed E-state index contributed by atoms with van der Waals surface area (Å²) in [7, 11) is 0. The minimum atomic E-state index is -0.929. The fraction of sp³-hybridized carbons (Fsp3) is 0.105. The molecule has 2 aromatic carbocycles. The number of para-hydroxylation sites is 2. The number of anilines is 1. The van der Waals surface area contributed by atoms with Crippen molar-refractivity contribution in [2.75, 3.05) is 11.9 Å². The summed E-state index contributed by atoms with van der Waals surface area (Å²) in [6.45, 7) is 0.884. The molecule has 7 nitrogen and oxygen atoms in total. The molecule has 1 aromatic heterocycles. The zero-order valence-electron chi connectivity index (χ0n) is 14.2. The second-order valence-electron chi connectivity index (χ2n) is 5.62. The number of benzene rings is 2. The molecule has 3 rings (SSSR count). The lowest BCUT2D eigenvalue weighted by Crippen LogP contribution is -2.37. The fourth-order valence-electron chi connectivity index (χ4n) is 2.45. The van der Waals surface area contributed by atoms with E-state index in [-0.39, 0.29) is 11.3 Å². The molecule has 0 fully saturated rings. The number of carbonyl (C=O) groups is 3. The zero-order chi connectivity index (χ0) is 19.4. The largest absolute Gasteiger partial charge is 0.450 e. The van der Waals surface area contributed by atoms with E-state index in [1.54, 1.807) is 43.3 Å². The van der Waals surface area contributed by atoms with Crippen LogP contribution in [0.25, 0.3) is 11.0 Å². The molecular formula is C19H15FN2O5. The van der Waals surface area contributed by atoms with Crippen LogP contribution in [0.1, 0.15) is 16.1 Å². The summed E-state index contributed by atoms with van der Waals surface area (Å²) in [5.41, 5.74) is 0.838. The van der Waals surface area contributed by atoms with Crippen LogP contribution >= 0.6 is 0 Å². The molecule has 27 heavy (non-hydrogen) atoms. The first-order valence-electron chi connectivity index (χ1n) is 7.96. The third kappa shape index (κ3) is 4.12. The van der Waals surface area contributed by atoms with Crippen molar-refractivity contribution in [1.82, 2.24) is 5.32 Å². The van der Waals surface area contributed by atoms with Crippen molar-refractivity contribution in [2.24, 2.45) is 0 Å². The van der Waals surface area contributed by atoms with Gasteiger partial charge in [0.2, 0.25) is 5.76 Å². The first-order valence-corrected chi connectivity index (χ1v) is 7.96. The number of aryl methyl sites for hydroxylation is 1. The van der Waals surface area contributed by atoms with E-state index in [2.05, 4.69) is 5.32 Å². The third-order valence-corrected chi connectivity index (χ3v) is 3.72. The van der Waals surface area contributed by atoms with Crippen LogP contribution in [0, 0.1) is 12.7 Å². The number of nitrogens with one attached hydrogen (secondary N) is 2. The van der Waals surface area contributed by atoms with Gasteiger partial charge in [0, 0.05) is 16.6 Å². The van der Waals surface area contributed by atoms with Gasteiger partial charge in [-0.3, -0.25) is 10.1 Å². The second-order valence-corrected chi connectivity index (χ2v) is 5.62. The Morgan fingerprint density at radius 2 is 1.81 bits per heavy atom. The second kappa shape index (κ2) is 7.69. The van der Waals surface area contributed by atoms with Gasteiger partial charge in [0.1, 0.15) is 0 Å². The van der Waals surface area contributed by atoms with Gasteiger partial charge in [-0.25, -0.2) is 14.0 Å². The maximum atomic E-state index is 13.7. The number of ether oxygens (including phenoxy) is 1. The van der Waals surface area contributed by atoms with Crippen LogP contribution in [0.2, 0.25) is 0 Å². The van der Waals surface area contributed by atoms with E-state index in [9.17, 15) is 18.8 Å². The highest BCUT2D eigenvalue weighted by atomic mass is 19.1. The average Bonchev–Trinajstić information content (AvgIpc) is 2.99. The Bertz CT molecular complexity index is 1010. The van der Waals surface area contributed by atoms with E-state index in [1.807, 2.05) is 5.32 Å². The lowest BCUT2D eigenvalue weighted by atomic mass is 10.1. The first-order chi connectivity index (χ1) is 13.0. The molecule has 0 radical (unpaired) electrons. The highest BCUT2D eigenvalue weighted by Gasteiger charge is 2.21. The molecule has 0 aliphatic rings. The van der Waals surface area contributed by atoms with E-state index in [0.717, 1.165) is 0 Å².